The van der Waals surface area contributed by atoms with E-state index in [1.165, 1.54) is 18.2 Å². The van der Waals surface area contributed by atoms with Gasteiger partial charge in [0.1, 0.15) is 18.2 Å². The maximum absolute atomic E-state index is 14.7. The van der Waals surface area contributed by atoms with E-state index in [0.29, 0.717) is 46.5 Å². The van der Waals surface area contributed by atoms with Gasteiger partial charge in [-0.1, -0.05) is 42.5 Å². The summed E-state index contributed by atoms with van der Waals surface area (Å²) in [6, 6.07) is 17.4. The number of methoxy groups -OCH3 is 1. The number of rotatable bonds is 7. The lowest BCUT2D eigenvalue weighted by Crippen LogP contribution is -2.34. The number of ether oxygens (including phenoxy) is 2. The average molecular weight is 480 g/mol. The topological polar surface area (TPSA) is 85.3 Å². The van der Waals surface area contributed by atoms with E-state index in [0.717, 1.165) is 5.56 Å². The van der Waals surface area contributed by atoms with Gasteiger partial charge < -0.3 is 19.4 Å². The Kier molecular flexibility index (Phi) is 7.31. The highest BCUT2D eigenvalue weighted by molar-refractivity contribution is 5.80. The van der Waals surface area contributed by atoms with Crippen LogP contribution in [0.3, 0.4) is 0 Å². The summed E-state index contributed by atoms with van der Waals surface area (Å²) in [6.07, 6.45) is -0.515. The molecule has 3 aromatic carbocycles. The number of hydrogen-bond acceptors (Lipinski definition) is 6. The predicted octanol–water partition coefficient (Wildman–Crippen LogP) is 5.32. The fourth-order valence-electron chi connectivity index (χ4n) is 4.13. The van der Waals surface area contributed by atoms with Crippen LogP contribution in [0.5, 0.6) is 5.75 Å². The van der Waals surface area contributed by atoms with Crippen molar-refractivity contribution in [3.8, 4) is 16.9 Å². The highest BCUT2D eigenvalue weighted by Crippen LogP contribution is 2.38. The molecule has 0 aromatic heterocycles. The van der Waals surface area contributed by atoms with Crippen LogP contribution in [-0.4, -0.2) is 35.9 Å². The minimum absolute atomic E-state index is 0.0791. The number of nitrogens with zero attached hydrogens (tertiary/aromatic N) is 1. The summed E-state index contributed by atoms with van der Waals surface area (Å²) in [7, 11) is 1.52. The van der Waals surface area contributed by atoms with E-state index in [2.05, 4.69) is 0 Å². The van der Waals surface area contributed by atoms with Crippen LogP contribution in [0.4, 0.5) is 9.18 Å². The van der Waals surface area contributed by atoms with Crippen LogP contribution in [-0.2, 0) is 33.9 Å². The molecule has 0 aliphatic carbocycles. The molecule has 1 unspecified atom stereocenters. The zero-order chi connectivity index (χ0) is 24.9. The smallest absolute Gasteiger partial charge is 0.496 e. The second kappa shape index (κ2) is 10.6. The second-order valence-electron chi connectivity index (χ2n) is 8.30. The molecule has 7 nitrogen and oxygen atoms in total. The molecule has 0 radical (unpaired) electrons. The summed E-state index contributed by atoms with van der Waals surface area (Å²) in [5.41, 5.74) is 3.93. The second-order valence-corrected chi connectivity index (χ2v) is 8.30. The maximum atomic E-state index is 14.7. The number of carboxylic acid groups (broad SMARTS) is 1. The summed E-state index contributed by atoms with van der Waals surface area (Å²) >= 11 is 0. The zero-order valence-corrected chi connectivity index (χ0v) is 19.5. The lowest BCUT2D eigenvalue weighted by atomic mass is 9.89. The van der Waals surface area contributed by atoms with Crippen molar-refractivity contribution >= 4 is 12.1 Å². The van der Waals surface area contributed by atoms with Gasteiger partial charge in [0.05, 0.1) is 19.6 Å². The van der Waals surface area contributed by atoms with E-state index in [4.69, 9.17) is 14.3 Å². The van der Waals surface area contributed by atoms with Gasteiger partial charge in [0.25, 0.3) is 0 Å². The van der Waals surface area contributed by atoms with Gasteiger partial charge >= 0.3 is 12.1 Å². The van der Waals surface area contributed by atoms with Crippen LogP contribution in [0.1, 0.15) is 35.1 Å². The van der Waals surface area contributed by atoms with Gasteiger partial charge in [0.2, 0.25) is 0 Å². The monoisotopic (exact) mass is 479 g/mol. The standard InChI is InChI=1S/C27H26FNO6/c1-17(26(30)31)19-8-11-25(33-2)22(14-19)20-9-10-24(28)21-12-13-29(15-23(20)21)35-27(32)34-16-18-6-4-3-5-7-18/h3-11,14,17H,12-13,15-16H2,1-2H3,(H,30,31). The van der Waals surface area contributed by atoms with Crippen molar-refractivity contribution in [1.29, 1.82) is 0 Å². The van der Waals surface area contributed by atoms with E-state index < -0.39 is 18.0 Å². The molecule has 1 aliphatic heterocycles. The SMILES string of the molecule is COc1ccc(C(C)C(=O)O)cc1-c1ccc(F)c2c1CN(OC(=O)OCc1ccccc1)CC2. The van der Waals surface area contributed by atoms with E-state index in [1.54, 1.807) is 31.2 Å². The van der Waals surface area contributed by atoms with Crippen LogP contribution in [0, 0.1) is 5.82 Å². The number of hydrogen-bond donors (Lipinski definition) is 1. The Balaban J connectivity index is 1.59. The molecule has 35 heavy (non-hydrogen) atoms. The third-order valence-corrected chi connectivity index (χ3v) is 6.11. The molecule has 4 rings (SSSR count). The summed E-state index contributed by atoms with van der Waals surface area (Å²) in [6.45, 7) is 2.13. The molecule has 0 spiro atoms. The lowest BCUT2D eigenvalue weighted by molar-refractivity contribution is -0.139. The molecule has 8 heteroatoms. The van der Waals surface area contributed by atoms with Gasteiger partial charge in [-0.15, -0.1) is 5.06 Å². The molecular formula is C27H26FNO6. The van der Waals surface area contributed by atoms with Gasteiger partial charge in [-0.2, -0.15) is 0 Å². The molecule has 0 saturated carbocycles. The molecule has 182 valence electrons. The number of hydroxylamine groups is 2. The number of carbonyl (C=O) groups is 2. The Morgan fingerprint density at radius 2 is 1.83 bits per heavy atom. The molecule has 3 aromatic rings. The van der Waals surface area contributed by atoms with E-state index in [-0.39, 0.29) is 19.0 Å². The molecule has 1 N–H and O–H groups in total. The highest BCUT2D eigenvalue weighted by atomic mass is 19.1. The molecule has 0 bridgehead atoms. The molecule has 1 aliphatic rings. The number of fused-ring (bicyclic) bond motifs is 1. The van der Waals surface area contributed by atoms with Gasteiger partial charge in [0.15, 0.2) is 0 Å². The van der Waals surface area contributed by atoms with Crippen LogP contribution < -0.4 is 4.74 Å². The number of halogens is 1. The lowest BCUT2D eigenvalue weighted by Gasteiger charge is -2.29. The number of aliphatic carboxylic acids is 1. The van der Waals surface area contributed by atoms with E-state index in [9.17, 15) is 19.1 Å². The van der Waals surface area contributed by atoms with Crippen molar-refractivity contribution in [3.05, 3.63) is 88.7 Å². The van der Waals surface area contributed by atoms with Crippen LogP contribution in [0.2, 0.25) is 0 Å². The third kappa shape index (κ3) is 5.44. The molecule has 0 amide bonds. The van der Waals surface area contributed by atoms with E-state index in [1.807, 2.05) is 30.3 Å². The first kappa shape index (κ1) is 24.2. The average Bonchev–Trinajstić information content (AvgIpc) is 2.87. The number of benzene rings is 3. The molecule has 1 atom stereocenters. The van der Waals surface area contributed by atoms with Crippen molar-refractivity contribution in [2.24, 2.45) is 0 Å². The number of carboxylic acids is 1. The summed E-state index contributed by atoms with van der Waals surface area (Å²) < 4.78 is 25.4. The Morgan fingerprint density at radius 1 is 1.06 bits per heavy atom. The van der Waals surface area contributed by atoms with Gasteiger partial charge in [-0.3, -0.25) is 4.79 Å². The molecule has 1 heterocycles. The van der Waals surface area contributed by atoms with Crippen molar-refractivity contribution < 1.29 is 33.4 Å². The van der Waals surface area contributed by atoms with Crippen molar-refractivity contribution in [1.82, 2.24) is 5.06 Å². The Labute approximate surface area is 202 Å². The highest BCUT2D eigenvalue weighted by Gasteiger charge is 2.27. The first-order valence-electron chi connectivity index (χ1n) is 11.2. The number of carbonyl (C=O) groups excluding carboxylic acids is 1. The van der Waals surface area contributed by atoms with Crippen molar-refractivity contribution in [3.63, 3.8) is 0 Å². The third-order valence-electron chi connectivity index (χ3n) is 6.11. The Bertz CT molecular complexity index is 1230. The molecular weight excluding hydrogens is 453 g/mol. The minimum atomic E-state index is -0.948. The normalized spacial score (nSPS) is 14.0. The summed E-state index contributed by atoms with van der Waals surface area (Å²) in [4.78, 5) is 29.2. The fourth-order valence-corrected chi connectivity index (χ4v) is 4.13. The van der Waals surface area contributed by atoms with Crippen LogP contribution in [0.25, 0.3) is 11.1 Å². The first-order chi connectivity index (χ1) is 16.9. The van der Waals surface area contributed by atoms with Gasteiger partial charge in [-0.05, 0) is 59.4 Å². The largest absolute Gasteiger partial charge is 0.528 e. The Morgan fingerprint density at radius 3 is 2.54 bits per heavy atom. The summed E-state index contributed by atoms with van der Waals surface area (Å²) in [5.74, 6) is -1.49. The van der Waals surface area contributed by atoms with Gasteiger partial charge in [-0.25, -0.2) is 9.18 Å². The zero-order valence-electron chi connectivity index (χ0n) is 19.5. The molecule has 0 saturated heterocycles. The molecule has 0 fully saturated rings. The van der Waals surface area contributed by atoms with Crippen molar-refractivity contribution in [2.75, 3.05) is 13.7 Å². The first-order valence-corrected chi connectivity index (χ1v) is 11.2. The minimum Gasteiger partial charge on any atom is -0.496 e. The Hall–Kier alpha value is -3.91. The van der Waals surface area contributed by atoms with E-state index >= 15 is 0 Å². The maximum Gasteiger partial charge on any atom is 0.528 e. The van der Waals surface area contributed by atoms with Crippen LogP contribution >= 0.6 is 0 Å². The quantitative estimate of drug-likeness (QED) is 0.459. The van der Waals surface area contributed by atoms with Crippen LogP contribution in [0.15, 0.2) is 60.7 Å². The van der Waals surface area contributed by atoms with Crippen molar-refractivity contribution in [2.45, 2.75) is 32.4 Å². The fraction of sp³-hybridized carbons (Fsp3) is 0.259. The summed E-state index contributed by atoms with van der Waals surface area (Å²) in [5, 5.41) is 10.9. The predicted molar refractivity (Wildman–Crippen MR) is 126 cm³/mol. The van der Waals surface area contributed by atoms with Gasteiger partial charge in [0, 0.05) is 12.1 Å².